The van der Waals surface area contributed by atoms with Crippen LogP contribution in [-0.2, 0) is 12.8 Å². The van der Waals surface area contributed by atoms with E-state index in [1.807, 2.05) is 16.9 Å². The fourth-order valence-corrected chi connectivity index (χ4v) is 5.92. The minimum absolute atomic E-state index is 0.383. The highest BCUT2D eigenvalue weighted by Gasteiger charge is 2.34. The van der Waals surface area contributed by atoms with E-state index in [2.05, 4.69) is 78.4 Å². The molecule has 0 amide bonds. The van der Waals surface area contributed by atoms with Gasteiger partial charge in [-0.2, -0.15) is 10.4 Å². The summed E-state index contributed by atoms with van der Waals surface area (Å²) in [6.45, 7) is 6.56. The third kappa shape index (κ3) is 4.86. The quantitative estimate of drug-likeness (QED) is 0.278. The molecular weight excluding hydrogens is 442 g/mol. The highest BCUT2D eigenvalue weighted by Crippen LogP contribution is 2.40. The molecule has 0 radical (unpaired) electrons. The molecule has 0 saturated carbocycles. The first kappa shape index (κ1) is 24.1. The zero-order valence-electron chi connectivity index (χ0n) is 21.5. The van der Waals surface area contributed by atoms with E-state index >= 15 is 0 Å². The first-order valence-electron chi connectivity index (χ1n) is 13.3. The van der Waals surface area contributed by atoms with Crippen LogP contribution in [0, 0.1) is 16.7 Å². The normalized spacial score (nSPS) is 15.2. The van der Waals surface area contributed by atoms with Crippen molar-refractivity contribution in [3.05, 3.63) is 83.8 Å². The zero-order valence-corrected chi connectivity index (χ0v) is 21.5. The molecule has 5 heteroatoms. The molecule has 1 saturated heterocycles. The first-order chi connectivity index (χ1) is 17.6. The third-order valence-corrected chi connectivity index (χ3v) is 7.74. The molecule has 1 aliphatic rings. The van der Waals surface area contributed by atoms with Gasteiger partial charge in [0.2, 0.25) is 0 Å². The average molecular weight is 478 g/mol. The van der Waals surface area contributed by atoms with Crippen molar-refractivity contribution >= 4 is 11.3 Å². The van der Waals surface area contributed by atoms with Gasteiger partial charge in [0.25, 0.3) is 0 Å². The Morgan fingerprint density at radius 3 is 2.44 bits per heavy atom. The predicted octanol–water partition coefficient (Wildman–Crippen LogP) is 6.85. The topological polar surface area (TPSA) is 57.2 Å². The third-order valence-electron chi connectivity index (χ3n) is 7.74. The Morgan fingerprint density at radius 2 is 1.78 bits per heavy atom. The van der Waals surface area contributed by atoms with Gasteiger partial charge in [0.05, 0.1) is 17.3 Å². The molecule has 0 atom stereocenters. The molecule has 4 aromatic rings. The maximum Gasteiger partial charge on any atom is 0.128 e. The van der Waals surface area contributed by atoms with Crippen LogP contribution in [0.5, 0.6) is 0 Å². The second kappa shape index (κ2) is 10.5. The second-order valence-electron chi connectivity index (χ2n) is 10.3. The van der Waals surface area contributed by atoms with E-state index in [1.54, 1.807) is 6.20 Å². The van der Waals surface area contributed by atoms with E-state index in [0.717, 1.165) is 48.4 Å². The Morgan fingerprint density at radius 1 is 0.972 bits per heavy atom. The lowest BCUT2D eigenvalue weighted by Crippen LogP contribution is -2.41. The Labute approximate surface area is 214 Å². The van der Waals surface area contributed by atoms with E-state index < -0.39 is 0 Å². The van der Waals surface area contributed by atoms with Crippen molar-refractivity contribution in [2.75, 3.05) is 18.0 Å². The Hall–Kier alpha value is -3.65. The number of fused-ring (bicyclic) bond motifs is 1. The number of hydrogen-bond donors (Lipinski definition) is 0. The number of anilines is 1. The standard InChI is InChI=1S/C31H35N5/c1-3-8-25-18-28(30-27(20-32)22-34-36(30)23-25)26-11-12-29(33-21-26)35-16-14-31(13-4-2,15-17-35)19-24-9-6-5-7-10-24/h5-7,9-12,18,21-23H,3-4,8,13-17,19H2,1-2H3. The fraction of sp³-hybridized carbons (Fsp3) is 0.387. The lowest BCUT2D eigenvalue weighted by Gasteiger charge is -2.42. The monoisotopic (exact) mass is 477 g/mol. The fourth-order valence-electron chi connectivity index (χ4n) is 5.92. The first-order valence-corrected chi connectivity index (χ1v) is 13.3. The number of rotatable bonds is 8. The molecule has 36 heavy (non-hydrogen) atoms. The van der Waals surface area contributed by atoms with E-state index in [0.29, 0.717) is 11.0 Å². The van der Waals surface area contributed by atoms with Crippen LogP contribution in [0.2, 0.25) is 0 Å². The molecule has 0 unspecified atom stereocenters. The van der Waals surface area contributed by atoms with Crippen LogP contribution in [0.25, 0.3) is 16.6 Å². The van der Waals surface area contributed by atoms with Crippen LogP contribution >= 0.6 is 0 Å². The van der Waals surface area contributed by atoms with Gasteiger partial charge in [-0.15, -0.1) is 0 Å². The molecule has 1 aliphatic heterocycles. The van der Waals surface area contributed by atoms with Gasteiger partial charge in [-0.25, -0.2) is 9.50 Å². The number of nitriles is 1. The summed E-state index contributed by atoms with van der Waals surface area (Å²) in [7, 11) is 0. The molecule has 184 valence electrons. The number of hydrogen-bond acceptors (Lipinski definition) is 4. The van der Waals surface area contributed by atoms with Crippen LogP contribution in [0.4, 0.5) is 5.82 Å². The number of piperidine rings is 1. The van der Waals surface area contributed by atoms with E-state index in [-0.39, 0.29) is 0 Å². The van der Waals surface area contributed by atoms with Crippen LogP contribution in [0.3, 0.4) is 0 Å². The summed E-state index contributed by atoms with van der Waals surface area (Å²) >= 11 is 0. The van der Waals surface area contributed by atoms with E-state index in [4.69, 9.17) is 4.98 Å². The van der Waals surface area contributed by atoms with Crippen molar-refractivity contribution in [1.29, 1.82) is 5.26 Å². The van der Waals surface area contributed by atoms with Crippen molar-refractivity contribution in [2.24, 2.45) is 5.41 Å². The predicted molar refractivity (Wildman–Crippen MR) is 146 cm³/mol. The molecule has 1 fully saturated rings. The van der Waals surface area contributed by atoms with Crippen LogP contribution < -0.4 is 4.90 Å². The average Bonchev–Trinajstić information content (AvgIpc) is 3.33. The van der Waals surface area contributed by atoms with Crippen molar-refractivity contribution in [3.8, 4) is 17.2 Å². The number of benzene rings is 1. The summed E-state index contributed by atoms with van der Waals surface area (Å²) in [4.78, 5) is 7.33. The van der Waals surface area contributed by atoms with Gasteiger partial charge in [-0.3, -0.25) is 0 Å². The summed E-state index contributed by atoms with van der Waals surface area (Å²) in [5, 5.41) is 14.1. The maximum absolute atomic E-state index is 9.63. The molecule has 4 heterocycles. The molecule has 0 bridgehead atoms. The number of aromatic nitrogens is 3. The van der Waals surface area contributed by atoms with Gasteiger partial charge in [0.15, 0.2) is 0 Å². The van der Waals surface area contributed by atoms with Gasteiger partial charge < -0.3 is 4.90 Å². The molecule has 0 aliphatic carbocycles. The second-order valence-corrected chi connectivity index (χ2v) is 10.3. The number of aryl methyl sites for hydroxylation is 1. The zero-order chi connectivity index (χ0) is 25.0. The molecule has 3 aromatic heterocycles. The largest absolute Gasteiger partial charge is 0.357 e. The van der Waals surface area contributed by atoms with Gasteiger partial charge in [-0.1, -0.05) is 57.0 Å². The van der Waals surface area contributed by atoms with Gasteiger partial charge in [-0.05, 0) is 66.8 Å². The highest BCUT2D eigenvalue weighted by molar-refractivity contribution is 5.84. The Balaban J connectivity index is 1.36. The molecular formula is C31H35N5. The van der Waals surface area contributed by atoms with Crippen LogP contribution in [0.1, 0.15) is 62.6 Å². The summed E-state index contributed by atoms with van der Waals surface area (Å²) in [6.07, 6.45) is 13.8. The van der Waals surface area contributed by atoms with Crippen molar-refractivity contribution in [3.63, 3.8) is 0 Å². The lowest BCUT2D eigenvalue weighted by molar-refractivity contribution is 0.195. The molecule has 0 spiro atoms. The maximum atomic E-state index is 9.63. The van der Waals surface area contributed by atoms with Gasteiger partial charge >= 0.3 is 0 Å². The number of nitrogens with zero attached hydrogens (tertiary/aromatic N) is 5. The Kier molecular flexibility index (Phi) is 7.04. The smallest absolute Gasteiger partial charge is 0.128 e. The lowest BCUT2D eigenvalue weighted by atomic mass is 9.71. The molecule has 1 aromatic carbocycles. The summed E-state index contributed by atoms with van der Waals surface area (Å²) in [6, 6.07) is 19.8. The van der Waals surface area contributed by atoms with Crippen LogP contribution in [-0.4, -0.2) is 27.7 Å². The van der Waals surface area contributed by atoms with Crippen molar-refractivity contribution in [2.45, 2.75) is 58.8 Å². The van der Waals surface area contributed by atoms with Gasteiger partial charge in [0, 0.05) is 36.6 Å². The van der Waals surface area contributed by atoms with Crippen molar-refractivity contribution < 1.29 is 0 Å². The summed E-state index contributed by atoms with van der Waals surface area (Å²) in [5.41, 5.74) is 6.56. The molecule has 5 nitrogen and oxygen atoms in total. The number of pyridine rings is 2. The van der Waals surface area contributed by atoms with E-state index in [1.165, 1.54) is 43.2 Å². The SMILES string of the molecule is CCCc1cc(-c2ccc(N3CCC(CCC)(Cc4ccccc4)CC3)nc2)c2c(C#N)cnn2c1. The van der Waals surface area contributed by atoms with Gasteiger partial charge in [0.1, 0.15) is 11.9 Å². The Bertz CT molecular complexity index is 1340. The highest BCUT2D eigenvalue weighted by atomic mass is 15.2. The van der Waals surface area contributed by atoms with Crippen LogP contribution in [0.15, 0.2) is 67.1 Å². The minimum atomic E-state index is 0.383. The van der Waals surface area contributed by atoms with E-state index in [9.17, 15) is 5.26 Å². The summed E-state index contributed by atoms with van der Waals surface area (Å²) < 4.78 is 1.84. The molecule has 0 N–H and O–H groups in total. The summed E-state index contributed by atoms with van der Waals surface area (Å²) in [5.74, 6) is 1.04. The van der Waals surface area contributed by atoms with Crippen molar-refractivity contribution in [1.82, 2.24) is 14.6 Å². The molecule has 5 rings (SSSR count). The minimum Gasteiger partial charge on any atom is -0.357 e.